The van der Waals surface area contributed by atoms with Gasteiger partial charge in [-0.25, -0.2) is 4.98 Å². The van der Waals surface area contributed by atoms with Gasteiger partial charge in [-0.3, -0.25) is 0 Å². The van der Waals surface area contributed by atoms with E-state index in [1.165, 1.54) is 5.56 Å². The van der Waals surface area contributed by atoms with E-state index in [1.807, 2.05) is 31.3 Å². The molecule has 0 aliphatic rings. The molecule has 0 spiro atoms. The maximum atomic E-state index is 6.60. The molecule has 5 aromatic carbocycles. The van der Waals surface area contributed by atoms with Gasteiger partial charge in [-0.15, -0.1) is 15.0 Å². The van der Waals surface area contributed by atoms with Gasteiger partial charge < -0.3 is 9.88 Å². The molecule has 0 aliphatic carbocycles. The minimum atomic E-state index is -0.843. The van der Waals surface area contributed by atoms with Gasteiger partial charge in [0.05, 0.1) is 5.69 Å². The standard InChI is InChI=1S/C42H40ClN7/c1-3-4-24-39-45-40(43)38(29-44-2)49(39)30-31-25-27-32(28-26-31)36-22-14-15-23-37(36)41-46-48-50(47-41)42(33-16-8-5-9-17-33,34-18-10-6-11-19-34)35-20-12-7-13-21-35/h5-23,25-28,44H,3-4,24,29-30H2,1-2H3. The number of hydrogen-bond acceptors (Lipinski definition) is 5. The smallest absolute Gasteiger partial charge is 0.205 e. The highest BCUT2D eigenvalue weighted by atomic mass is 35.5. The third-order valence-corrected chi connectivity index (χ3v) is 9.57. The van der Waals surface area contributed by atoms with Gasteiger partial charge in [-0.05, 0) is 52.1 Å². The maximum Gasteiger partial charge on any atom is 0.205 e. The van der Waals surface area contributed by atoms with Crippen molar-refractivity contribution in [3.8, 4) is 22.5 Å². The van der Waals surface area contributed by atoms with Crippen molar-refractivity contribution < 1.29 is 0 Å². The van der Waals surface area contributed by atoms with Crippen molar-refractivity contribution in [2.45, 2.75) is 44.8 Å². The average molecular weight is 678 g/mol. The van der Waals surface area contributed by atoms with Crippen LogP contribution >= 0.6 is 11.6 Å². The van der Waals surface area contributed by atoms with Gasteiger partial charge in [0.2, 0.25) is 5.82 Å². The average Bonchev–Trinajstić information content (AvgIpc) is 3.78. The zero-order valence-electron chi connectivity index (χ0n) is 28.4. The number of hydrogen-bond donors (Lipinski definition) is 1. The summed E-state index contributed by atoms with van der Waals surface area (Å²) in [7, 11) is 1.93. The first-order valence-electron chi connectivity index (χ1n) is 17.2. The molecule has 2 heterocycles. The van der Waals surface area contributed by atoms with Crippen LogP contribution in [-0.2, 0) is 25.0 Å². The number of unbranched alkanes of at least 4 members (excludes halogenated alkanes) is 1. The molecule has 0 saturated heterocycles. The molecule has 0 radical (unpaired) electrons. The van der Waals surface area contributed by atoms with Gasteiger partial charge in [0.15, 0.2) is 10.7 Å². The Morgan fingerprint density at radius 2 is 1.26 bits per heavy atom. The Morgan fingerprint density at radius 3 is 1.82 bits per heavy atom. The normalized spacial score (nSPS) is 11.6. The molecule has 0 aliphatic heterocycles. The SMILES string of the molecule is CCCCc1nc(Cl)c(CNC)n1Cc1ccc(-c2ccccc2-c2nnn(C(c3ccccc3)(c3ccccc3)c3ccccc3)n2)cc1. The van der Waals surface area contributed by atoms with Crippen LogP contribution in [0.1, 0.15) is 53.5 Å². The highest BCUT2D eigenvalue weighted by Gasteiger charge is 2.41. The lowest BCUT2D eigenvalue weighted by atomic mass is 9.77. The predicted octanol–water partition coefficient (Wildman–Crippen LogP) is 8.81. The fraction of sp³-hybridized carbons (Fsp3) is 0.190. The number of nitrogens with zero attached hydrogens (tertiary/aromatic N) is 6. The van der Waals surface area contributed by atoms with Crippen molar-refractivity contribution in [2.24, 2.45) is 0 Å². The highest BCUT2D eigenvalue weighted by Crippen LogP contribution is 2.40. The van der Waals surface area contributed by atoms with Crippen LogP contribution in [-0.4, -0.2) is 36.8 Å². The Bertz CT molecular complexity index is 2040. The molecular formula is C42H40ClN7. The van der Waals surface area contributed by atoms with Gasteiger partial charge in [0, 0.05) is 25.1 Å². The Morgan fingerprint density at radius 1 is 0.700 bits per heavy atom. The van der Waals surface area contributed by atoms with Gasteiger partial charge in [-0.2, -0.15) is 0 Å². The summed E-state index contributed by atoms with van der Waals surface area (Å²) in [6.07, 6.45) is 3.08. The molecule has 0 saturated carbocycles. The summed E-state index contributed by atoms with van der Waals surface area (Å²) in [5, 5.41) is 18.5. The second-order valence-corrected chi connectivity index (χ2v) is 12.8. The van der Waals surface area contributed by atoms with Crippen LogP contribution in [0, 0.1) is 0 Å². The minimum absolute atomic E-state index is 0.558. The zero-order valence-corrected chi connectivity index (χ0v) is 29.1. The van der Waals surface area contributed by atoms with Gasteiger partial charge >= 0.3 is 0 Å². The Kier molecular flexibility index (Phi) is 9.96. The van der Waals surface area contributed by atoms with E-state index in [4.69, 9.17) is 32.0 Å². The Hall–Kier alpha value is -5.37. The summed E-state index contributed by atoms with van der Waals surface area (Å²) in [6.45, 7) is 3.56. The quantitative estimate of drug-likeness (QED) is 0.124. The largest absolute Gasteiger partial charge is 0.325 e. The van der Waals surface area contributed by atoms with Gasteiger partial charge in [0.1, 0.15) is 5.82 Å². The summed E-state index contributed by atoms with van der Waals surface area (Å²) in [5.41, 5.74) is 7.50. The van der Waals surface area contributed by atoms with Crippen LogP contribution < -0.4 is 5.32 Å². The van der Waals surface area contributed by atoms with E-state index in [0.29, 0.717) is 24.1 Å². The van der Waals surface area contributed by atoms with Crippen molar-refractivity contribution in [2.75, 3.05) is 7.05 Å². The predicted molar refractivity (Wildman–Crippen MR) is 201 cm³/mol. The van der Waals surface area contributed by atoms with Crippen LogP contribution in [0.25, 0.3) is 22.5 Å². The molecule has 7 rings (SSSR count). The van der Waals surface area contributed by atoms with E-state index in [2.05, 4.69) is 132 Å². The number of aryl methyl sites for hydroxylation is 1. The summed E-state index contributed by atoms with van der Waals surface area (Å²) in [5.74, 6) is 1.59. The number of nitrogens with one attached hydrogen (secondary N) is 1. The second kappa shape index (κ2) is 15.0. The third-order valence-electron chi connectivity index (χ3n) is 9.26. The number of aromatic nitrogens is 6. The summed E-state index contributed by atoms with van der Waals surface area (Å²) < 4.78 is 2.26. The van der Waals surface area contributed by atoms with Crippen LogP contribution in [0.3, 0.4) is 0 Å². The van der Waals surface area contributed by atoms with E-state index < -0.39 is 5.54 Å². The topological polar surface area (TPSA) is 73.5 Å². The number of benzene rings is 5. The summed E-state index contributed by atoms with van der Waals surface area (Å²) in [6, 6.07) is 48.2. The van der Waals surface area contributed by atoms with E-state index in [-0.39, 0.29) is 0 Å². The molecule has 2 aromatic heterocycles. The van der Waals surface area contributed by atoms with Crippen molar-refractivity contribution in [3.05, 3.63) is 178 Å². The number of halogens is 1. The maximum absolute atomic E-state index is 6.60. The lowest BCUT2D eigenvalue weighted by molar-refractivity contribution is 0.396. The molecule has 0 fully saturated rings. The lowest BCUT2D eigenvalue weighted by Gasteiger charge is -2.34. The fourth-order valence-electron chi connectivity index (χ4n) is 6.80. The molecule has 7 aromatic rings. The van der Waals surface area contributed by atoms with E-state index >= 15 is 0 Å². The fourth-order valence-corrected chi connectivity index (χ4v) is 7.07. The molecule has 0 unspecified atom stereocenters. The lowest BCUT2D eigenvalue weighted by Crippen LogP contribution is -2.39. The van der Waals surface area contributed by atoms with E-state index in [9.17, 15) is 0 Å². The molecule has 0 amide bonds. The monoisotopic (exact) mass is 677 g/mol. The summed E-state index contributed by atoms with van der Waals surface area (Å²) >= 11 is 6.60. The first-order valence-corrected chi connectivity index (χ1v) is 17.6. The second-order valence-electron chi connectivity index (χ2n) is 12.4. The van der Waals surface area contributed by atoms with Crippen LogP contribution in [0.4, 0.5) is 0 Å². The van der Waals surface area contributed by atoms with Crippen molar-refractivity contribution in [1.82, 2.24) is 35.1 Å². The first-order chi connectivity index (χ1) is 24.6. The van der Waals surface area contributed by atoms with Crippen molar-refractivity contribution in [3.63, 3.8) is 0 Å². The molecule has 8 heteroatoms. The van der Waals surface area contributed by atoms with Crippen molar-refractivity contribution >= 4 is 11.6 Å². The van der Waals surface area contributed by atoms with Gasteiger partial charge in [0.25, 0.3) is 0 Å². The minimum Gasteiger partial charge on any atom is -0.325 e. The van der Waals surface area contributed by atoms with Gasteiger partial charge in [-0.1, -0.05) is 164 Å². The number of tetrazole rings is 1. The number of imidazole rings is 1. The summed E-state index contributed by atoms with van der Waals surface area (Å²) in [4.78, 5) is 6.49. The molecule has 0 atom stereocenters. The van der Waals surface area contributed by atoms with Crippen LogP contribution in [0.5, 0.6) is 0 Å². The molecule has 0 bridgehead atoms. The molecule has 1 N–H and O–H groups in total. The van der Waals surface area contributed by atoms with Crippen LogP contribution in [0.15, 0.2) is 140 Å². The molecule has 250 valence electrons. The van der Waals surface area contributed by atoms with E-state index in [0.717, 1.165) is 64.2 Å². The van der Waals surface area contributed by atoms with E-state index in [1.54, 1.807) is 4.80 Å². The molecule has 50 heavy (non-hydrogen) atoms. The molecule has 7 nitrogen and oxygen atoms in total. The Labute approximate surface area is 298 Å². The zero-order chi connectivity index (χ0) is 34.3. The number of rotatable bonds is 13. The highest BCUT2D eigenvalue weighted by molar-refractivity contribution is 6.30. The third kappa shape index (κ3) is 6.38. The Balaban J connectivity index is 1.27. The first kappa shape index (κ1) is 33.1. The molecular weight excluding hydrogens is 638 g/mol. The van der Waals surface area contributed by atoms with Crippen molar-refractivity contribution in [1.29, 1.82) is 0 Å². The van der Waals surface area contributed by atoms with Crippen LogP contribution in [0.2, 0.25) is 5.15 Å².